The highest BCUT2D eigenvalue weighted by Gasteiger charge is 2.33. The summed E-state index contributed by atoms with van der Waals surface area (Å²) in [6.45, 7) is 3.22. The monoisotopic (exact) mass is 541 g/mol. The van der Waals surface area contributed by atoms with E-state index in [1.165, 1.54) is 0 Å². The Morgan fingerprint density at radius 1 is 1.03 bits per heavy atom. The zero-order valence-electron chi connectivity index (χ0n) is 21.2. The first-order valence-electron chi connectivity index (χ1n) is 12.6. The van der Waals surface area contributed by atoms with Crippen LogP contribution in [0.2, 0.25) is 0 Å². The molecule has 2 heterocycles. The third kappa shape index (κ3) is 7.05. The Kier molecular flexibility index (Phi) is 8.90. The van der Waals surface area contributed by atoms with Crippen LogP contribution in [0.15, 0.2) is 59.0 Å². The Morgan fingerprint density at radius 2 is 1.71 bits per heavy atom. The molecule has 4 rings (SSSR count). The molecule has 1 aliphatic rings. The standard InChI is InChI=1S/C27H31N3O7S/c1-2-21(25(32)27-29-22-10-6-7-11-23(22)37-27)28-26(33)20(16-24(31)30-12-14-36-15-13-30)18-38(34,35)17-19-8-4-3-5-9-19/h3-11,20-21H,2,12-18H2,1H3,(H,28,33)/t20?,21-/m0/s1. The van der Waals surface area contributed by atoms with E-state index in [1.807, 2.05) is 0 Å². The Hall–Kier alpha value is -3.57. The lowest BCUT2D eigenvalue weighted by atomic mass is 10.0. The maximum atomic E-state index is 13.4. The molecule has 10 nitrogen and oxygen atoms in total. The number of rotatable bonds is 11. The average molecular weight is 542 g/mol. The second-order valence-corrected chi connectivity index (χ2v) is 11.4. The Morgan fingerprint density at radius 3 is 2.39 bits per heavy atom. The zero-order valence-corrected chi connectivity index (χ0v) is 22.0. The number of ketones is 1. The van der Waals surface area contributed by atoms with Crippen molar-refractivity contribution in [2.45, 2.75) is 31.6 Å². The molecule has 2 aromatic carbocycles. The minimum Gasteiger partial charge on any atom is -0.434 e. The number of nitrogens with one attached hydrogen (secondary N) is 1. The molecule has 11 heteroatoms. The summed E-state index contributed by atoms with van der Waals surface area (Å²) < 4.78 is 37.0. The average Bonchev–Trinajstić information content (AvgIpc) is 3.36. The molecule has 0 spiro atoms. The van der Waals surface area contributed by atoms with E-state index in [1.54, 1.807) is 66.4 Å². The lowest BCUT2D eigenvalue weighted by Gasteiger charge is -2.28. The fourth-order valence-electron chi connectivity index (χ4n) is 4.34. The van der Waals surface area contributed by atoms with Crippen molar-refractivity contribution in [3.8, 4) is 0 Å². The van der Waals surface area contributed by atoms with Crippen molar-refractivity contribution in [2.75, 3.05) is 32.1 Å². The molecule has 2 amide bonds. The molecule has 0 aliphatic carbocycles. The molecule has 38 heavy (non-hydrogen) atoms. The second kappa shape index (κ2) is 12.3. The van der Waals surface area contributed by atoms with E-state index in [0.29, 0.717) is 43.0 Å². The number of ether oxygens (including phenoxy) is 1. The van der Waals surface area contributed by atoms with Gasteiger partial charge in [-0.3, -0.25) is 14.4 Å². The number of hydrogen-bond donors (Lipinski definition) is 1. The lowest BCUT2D eigenvalue weighted by molar-refractivity contribution is -0.139. The van der Waals surface area contributed by atoms with Crippen molar-refractivity contribution in [2.24, 2.45) is 5.92 Å². The van der Waals surface area contributed by atoms with E-state index in [2.05, 4.69) is 10.3 Å². The number of nitrogens with zero attached hydrogens (tertiary/aromatic N) is 2. The summed E-state index contributed by atoms with van der Waals surface area (Å²) in [6, 6.07) is 14.6. The normalized spacial score (nSPS) is 15.7. The van der Waals surface area contributed by atoms with E-state index >= 15 is 0 Å². The zero-order chi connectivity index (χ0) is 27.1. The highest BCUT2D eigenvalue weighted by Crippen LogP contribution is 2.19. The van der Waals surface area contributed by atoms with Crippen LogP contribution in [0.1, 0.15) is 36.0 Å². The largest absolute Gasteiger partial charge is 0.434 e. The molecule has 0 radical (unpaired) electrons. The van der Waals surface area contributed by atoms with Crippen molar-refractivity contribution >= 4 is 38.5 Å². The van der Waals surface area contributed by atoms with Gasteiger partial charge >= 0.3 is 0 Å². The molecule has 3 aromatic rings. The molecule has 1 N–H and O–H groups in total. The lowest BCUT2D eigenvalue weighted by Crippen LogP contribution is -2.47. The summed E-state index contributed by atoms with van der Waals surface area (Å²) in [5.74, 6) is -3.65. The predicted molar refractivity (Wildman–Crippen MR) is 140 cm³/mol. The van der Waals surface area contributed by atoms with Crippen molar-refractivity contribution in [1.29, 1.82) is 0 Å². The molecule has 1 fully saturated rings. The first kappa shape index (κ1) is 27.5. The third-order valence-electron chi connectivity index (χ3n) is 6.39. The minimum absolute atomic E-state index is 0.143. The van der Waals surface area contributed by atoms with E-state index in [9.17, 15) is 22.8 Å². The number of morpholine rings is 1. The number of hydrogen-bond acceptors (Lipinski definition) is 8. The number of fused-ring (bicyclic) bond motifs is 1. The molecule has 0 bridgehead atoms. The van der Waals surface area contributed by atoms with E-state index in [0.717, 1.165) is 0 Å². The van der Waals surface area contributed by atoms with Crippen LogP contribution in [0, 0.1) is 5.92 Å². The maximum absolute atomic E-state index is 13.4. The van der Waals surface area contributed by atoms with E-state index in [4.69, 9.17) is 9.15 Å². The van der Waals surface area contributed by atoms with Gasteiger partial charge in [-0.05, 0) is 24.1 Å². The summed E-state index contributed by atoms with van der Waals surface area (Å²) in [6.07, 6.45) is -0.0719. The van der Waals surface area contributed by atoms with Gasteiger partial charge in [0.05, 0.1) is 36.7 Å². The van der Waals surface area contributed by atoms with Gasteiger partial charge in [0, 0.05) is 19.5 Å². The fraction of sp³-hybridized carbons (Fsp3) is 0.407. The first-order valence-corrected chi connectivity index (χ1v) is 14.4. The van der Waals surface area contributed by atoms with Gasteiger partial charge in [-0.15, -0.1) is 0 Å². The Balaban J connectivity index is 1.51. The number of amides is 2. The van der Waals surface area contributed by atoms with Crippen LogP contribution in [-0.4, -0.2) is 74.0 Å². The second-order valence-electron chi connectivity index (χ2n) is 9.25. The van der Waals surface area contributed by atoms with Crippen LogP contribution >= 0.6 is 0 Å². The van der Waals surface area contributed by atoms with Gasteiger partial charge in [-0.1, -0.05) is 49.4 Å². The number of benzene rings is 2. The van der Waals surface area contributed by atoms with Crippen LogP contribution in [0.3, 0.4) is 0 Å². The van der Waals surface area contributed by atoms with Crippen molar-refractivity contribution in [3.63, 3.8) is 0 Å². The summed E-state index contributed by atoms with van der Waals surface area (Å²) in [5.41, 5.74) is 1.54. The number of aromatic nitrogens is 1. The van der Waals surface area contributed by atoms with Crippen molar-refractivity contribution < 1.29 is 32.0 Å². The predicted octanol–water partition coefficient (Wildman–Crippen LogP) is 2.39. The number of oxazole rings is 1. The van der Waals surface area contributed by atoms with Gasteiger partial charge in [0.2, 0.25) is 17.6 Å². The fourth-order valence-corrected chi connectivity index (χ4v) is 6.04. The first-order chi connectivity index (χ1) is 18.3. The maximum Gasteiger partial charge on any atom is 0.266 e. The Labute approximate surface area is 221 Å². The molecule has 0 saturated carbocycles. The highest BCUT2D eigenvalue weighted by atomic mass is 32.2. The molecule has 1 unspecified atom stereocenters. The van der Waals surface area contributed by atoms with Gasteiger partial charge in [0.1, 0.15) is 5.52 Å². The van der Waals surface area contributed by atoms with Crippen LogP contribution < -0.4 is 5.32 Å². The number of para-hydroxylation sites is 2. The topological polar surface area (TPSA) is 136 Å². The van der Waals surface area contributed by atoms with Crippen LogP contribution in [0.4, 0.5) is 0 Å². The van der Waals surface area contributed by atoms with Crippen molar-refractivity contribution in [3.05, 3.63) is 66.1 Å². The number of carbonyl (C=O) groups is 3. The van der Waals surface area contributed by atoms with Crippen LogP contribution in [-0.2, 0) is 29.9 Å². The summed E-state index contributed by atoms with van der Waals surface area (Å²) in [4.78, 5) is 45.3. The van der Waals surface area contributed by atoms with Gasteiger partial charge in [0.15, 0.2) is 15.4 Å². The van der Waals surface area contributed by atoms with Crippen LogP contribution in [0.25, 0.3) is 11.1 Å². The van der Waals surface area contributed by atoms with Gasteiger partial charge in [-0.2, -0.15) is 0 Å². The van der Waals surface area contributed by atoms with Crippen molar-refractivity contribution in [1.82, 2.24) is 15.2 Å². The molecule has 1 aliphatic heterocycles. The highest BCUT2D eigenvalue weighted by molar-refractivity contribution is 7.90. The molecule has 202 valence electrons. The smallest absolute Gasteiger partial charge is 0.266 e. The van der Waals surface area contributed by atoms with Gasteiger partial charge < -0.3 is 19.4 Å². The molecule has 1 aromatic heterocycles. The molecular formula is C27H31N3O7S. The summed E-state index contributed by atoms with van der Waals surface area (Å²) in [5, 5.41) is 2.66. The molecular weight excluding hydrogens is 510 g/mol. The Bertz CT molecular complexity index is 1350. The van der Waals surface area contributed by atoms with Crippen LogP contribution in [0.5, 0.6) is 0 Å². The summed E-state index contributed by atoms with van der Waals surface area (Å²) in [7, 11) is -3.76. The number of carbonyl (C=O) groups excluding carboxylic acids is 3. The molecule has 2 atom stereocenters. The van der Waals surface area contributed by atoms with Gasteiger partial charge in [0.25, 0.3) is 5.89 Å². The van der Waals surface area contributed by atoms with Gasteiger partial charge in [-0.25, -0.2) is 13.4 Å². The number of Topliss-reactive ketones (excluding diaryl/α,β-unsaturated/α-hetero) is 1. The quantitative estimate of drug-likeness (QED) is 0.366. The van der Waals surface area contributed by atoms with E-state index in [-0.39, 0.29) is 30.4 Å². The number of sulfone groups is 1. The summed E-state index contributed by atoms with van der Waals surface area (Å²) >= 11 is 0. The SMILES string of the molecule is CC[C@H](NC(=O)C(CC(=O)N1CCOCC1)CS(=O)(=O)Cc1ccccc1)C(=O)c1nc2ccccc2o1. The minimum atomic E-state index is -3.76. The molecule has 1 saturated heterocycles. The van der Waals surface area contributed by atoms with E-state index < -0.39 is 39.2 Å². The third-order valence-corrected chi connectivity index (χ3v) is 8.07.